The van der Waals surface area contributed by atoms with E-state index in [1.807, 2.05) is 18.2 Å². The monoisotopic (exact) mass is 331 g/mol. The van der Waals surface area contributed by atoms with Gasteiger partial charge in [0.15, 0.2) is 0 Å². The van der Waals surface area contributed by atoms with E-state index in [9.17, 15) is 9.90 Å². The van der Waals surface area contributed by atoms with Gasteiger partial charge in [-0.05, 0) is 17.5 Å². The van der Waals surface area contributed by atoms with Gasteiger partial charge in [0.25, 0.3) is 0 Å². The van der Waals surface area contributed by atoms with Gasteiger partial charge < -0.3 is 5.11 Å². The van der Waals surface area contributed by atoms with Crippen LogP contribution in [0.3, 0.4) is 0 Å². The second-order valence-corrected chi connectivity index (χ2v) is 6.68. The van der Waals surface area contributed by atoms with Gasteiger partial charge in [0.05, 0.1) is 5.54 Å². The number of nitrogens with zero attached hydrogens (tertiary/aromatic N) is 1. The van der Waals surface area contributed by atoms with Crippen molar-refractivity contribution in [3.63, 3.8) is 0 Å². The molecule has 0 bridgehead atoms. The minimum Gasteiger partial charge on any atom is -0.478 e. The molecule has 0 saturated carbocycles. The Morgan fingerprint density at radius 3 is 2.32 bits per heavy atom. The lowest BCUT2D eigenvalue weighted by atomic mass is 9.65. The van der Waals surface area contributed by atoms with E-state index < -0.39 is 5.97 Å². The van der Waals surface area contributed by atoms with E-state index >= 15 is 0 Å². The van der Waals surface area contributed by atoms with Crippen molar-refractivity contribution < 1.29 is 9.90 Å². The molecule has 126 valence electrons. The summed E-state index contributed by atoms with van der Waals surface area (Å²) in [5, 5.41) is 9.45. The standard InChI is InChI=1S/C22H21NO2/c24-21(25)18-10-7-15-23(16-18)22(19-11-5-2-6-12-19)14-13-20(22)17-8-3-1-4-9-17/h1-6,8-14,20H,7,15-16H2,(H,24,25). The molecule has 0 radical (unpaired) electrons. The quantitative estimate of drug-likeness (QED) is 0.862. The van der Waals surface area contributed by atoms with Crippen molar-refractivity contribution in [2.75, 3.05) is 13.1 Å². The molecule has 2 unspecified atom stereocenters. The number of carboxylic acids is 1. The number of aliphatic carboxylic acids is 1. The summed E-state index contributed by atoms with van der Waals surface area (Å²) in [6.07, 6.45) is 7.11. The van der Waals surface area contributed by atoms with Gasteiger partial charge in [-0.25, -0.2) is 4.79 Å². The van der Waals surface area contributed by atoms with Crippen LogP contribution in [0.2, 0.25) is 0 Å². The van der Waals surface area contributed by atoms with Gasteiger partial charge in [-0.15, -0.1) is 0 Å². The summed E-state index contributed by atoms with van der Waals surface area (Å²) < 4.78 is 0. The molecule has 0 spiro atoms. The highest BCUT2D eigenvalue weighted by Gasteiger charge is 2.48. The zero-order valence-corrected chi connectivity index (χ0v) is 14.0. The SMILES string of the molecule is O=C(O)C1=CCCN(C2(c3ccccc3)C=CC2c2ccccc2)C1. The van der Waals surface area contributed by atoms with E-state index in [0.717, 1.165) is 13.0 Å². The first-order valence-corrected chi connectivity index (χ1v) is 8.69. The smallest absolute Gasteiger partial charge is 0.332 e. The number of hydrogen-bond donors (Lipinski definition) is 1. The Morgan fingerprint density at radius 1 is 1.04 bits per heavy atom. The molecular formula is C22H21NO2. The topological polar surface area (TPSA) is 40.5 Å². The summed E-state index contributed by atoms with van der Waals surface area (Å²) in [6.45, 7) is 1.33. The van der Waals surface area contributed by atoms with Gasteiger partial charge in [-0.1, -0.05) is 78.9 Å². The van der Waals surface area contributed by atoms with Crippen LogP contribution in [0.15, 0.2) is 84.5 Å². The lowest BCUT2D eigenvalue weighted by Crippen LogP contribution is -2.54. The molecule has 1 aliphatic carbocycles. The summed E-state index contributed by atoms with van der Waals surface area (Å²) in [7, 11) is 0. The average molecular weight is 331 g/mol. The van der Waals surface area contributed by atoms with E-state index in [1.54, 1.807) is 0 Å². The van der Waals surface area contributed by atoms with Crippen LogP contribution in [0.5, 0.6) is 0 Å². The van der Waals surface area contributed by atoms with Crippen molar-refractivity contribution in [3.8, 4) is 0 Å². The molecule has 0 fully saturated rings. The first-order chi connectivity index (χ1) is 12.2. The Labute approximate surface area is 147 Å². The second kappa shape index (κ2) is 6.34. The number of rotatable bonds is 4. The highest BCUT2D eigenvalue weighted by Crippen LogP contribution is 2.51. The Balaban J connectivity index is 1.78. The third-order valence-electron chi connectivity index (χ3n) is 5.36. The zero-order chi connectivity index (χ0) is 17.3. The molecule has 3 nitrogen and oxygen atoms in total. The fourth-order valence-corrected chi connectivity index (χ4v) is 4.08. The van der Waals surface area contributed by atoms with Gasteiger partial charge in [0.2, 0.25) is 0 Å². The summed E-state index contributed by atoms with van der Waals surface area (Å²) in [4.78, 5) is 13.8. The number of hydrogen-bond acceptors (Lipinski definition) is 2. The zero-order valence-electron chi connectivity index (χ0n) is 14.0. The molecule has 2 atom stereocenters. The van der Waals surface area contributed by atoms with Crippen molar-refractivity contribution in [3.05, 3.63) is 95.6 Å². The fourth-order valence-electron chi connectivity index (χ4n) is 4.08. The maximum atomic E-state index is 11.5. The number of benzene rings is 2. The molecule has 3 heteroatoms. The van der Waals surface area contributed by atoms with Crippen LogP contribution in [0.1, 0.15) is 23.5 Å². The van der Waals surface area contributed by atoms with Crippen LogP contribution in [-0.2, 0) is 10.3 Å². The lowest BCUT2D eigenvalue weighted by molar-refractivity contribution is -0.133. The Morgan fingerprint density at radius 2 is 1.72 bits per heavy atom. The van der Waals surface area contributed by atoms with Crippen LogP contribution < -0.4 is 0 Å². The molecule has 0 aromatic heterocycles. The summed E-state index contributed by atoms with van der Waals surface area (Å²) in [6, 6.07) is 20.9. The third-order valence-corrected chi connectivity index (χ3v) is 5.36. The van der Waals surface area contributed by atoms with E-state index in [0.29, 0.717) is 12.1 Å². The lowest BCUT2D eigenvalue weighted by Gasteiger charge is -2.53. The highest BCUT2D eigenvalue weighted by molar-refractivity contribution is 5.87. The molecule has 1 aliphatic heterocycles. The van der Waals surface area contributed by atoms with E-state index in [1.165, 1.54) is 11.1 Å². The predicted octanol–water partition coefficient (Wildman–Crippen LogP) is 3.95. The Bertz CT molecular complexity index is 826. The summed E-state index contributed by atoms with van der Waals surface area (Å²) >= 11 is 0. The molecule has 2 aromatic rings. The van der Waals surface area contributed by atoms with Crippen LogP contribution in [0, 0.1) is 0 Å². The minimum atomic E-state index is -0.813. The third kappa shape index (κ3) is 2.61. The molecule has 1 N–H and O–H groups in total. The van der Waals surface area contributed by atoms with E-state index in [-0.39, 0.29) is 11.5 Å². The van der Waals surface area contributed by atoms with Crippen LogP contribution in [0.25, 0.3) is 0 Å². The van der Waals surface area contributed by atoms with Crippen LogP contribution in [0.4, 0.5) is 0 Å². The number of carbonyl (C=O) groups is 1. The molecule has 2 aromatic carbocycles. The maximum Gasteiger partial charge on any atom is 0.332 e. The predicted molar refractivity (Wildman–Crippen MR) is 98.4 cm³/mol. The van der Waals surface area contributed by atoms with Gasteiger partial charge in [0.1, 0.15) is 0 Å². The van der Waals surface area contributed by atoms with Crippen molar-refractivity contribution in [2.24, 2.45) is 0 Å². The van der Waals surface area contributed by atoms with Crippen molar-refractivity contribution >= 4 is 5.97 Å². The van der Waals surface area contributed by atoms with Gasteiger partial charge in [-0.3, -0.25) is 4.90 Å². The highest BCUT2D eigenvalue weighted by atomic mass is 16.4. The van der Waals surface area contributed by atoms with Gasteiger partial charge in [-0.2, -0.15) is 0 Å². The molecule has 2 aliphatic rings. The van der Waals surface area contributed by atoms with Gasteiger partial charge in [0, 0.05) is 24.6 Å². The van der Waals surface area contributed by atoms with Crippen molar-refractivity contribution in [2.45, 2.75) is 17.9 Å². The first-order valence-electron chi connectivity index (χ1n) is 8.69. The molecular weight excluding hydrogens is 310 g/mol. The van der Waals surface area contributed by atoms with Gasteiger partial charge >= 0.3 is 5.97 Å². The Hall–Kier alpha value is -2.65. The minimum absolute atomic E-state index is 0.226. The van der Waals surface area contributed by atoms with E-state index in [2.05, 4.69) is 65.6 Å². The van der Waals surface area contributed by atoms with E-state index in [4.69, 9.17) is 0 Å². The van der Waals surface area contributed by atoms with Crippen molar-refractivity contribution in [1.82, 2.24) is 4.90 Å². The fraction of sp³-hybridized carbons (Fsp3) is 0.227. The Kier molecular flexibility index (Phi) is 4.02. The maximum absolute atomic E-state index is 11.5. The normalized spacial score (nSPS) is 25.9. The number of carboxylic acid groups (broad SMARTS) is 1. The summed E-state index contributed by atoms with van der Waals surface area (Å²) in [5.41, 5.74) is 2.70. The summed E-state index contributed by atoms with van der Waals surface area (Å²) in [5.74, 6) is -0.586. The first kappa shape index (κ1) is 15.9. The molecule has 4 rings (SSSR count). The largest absolute Gasteiger partial charge is 0.478 e. The average Bonchev–Trinajstić information content (AvgIpc) is 2.63. The van der Waals surface area contributed by atoms with Crippen LogP contribution >= 0.6 is 0 Å². The van der Waals surface area contributed by atoms with Crippen molar-refractivity contribution in [1.29, 1.82) is 0 Å². The second-order valence-electron chi connectivity index (χ2n) is 6.68. The molecule has 0 amide bonds. The molecule has 0 saturated heterocycles. The molecule has 25 heavy (non-hydrogen) atoms. The molecule has 1 heterocycles. The van der Waals surface area contributed by atoms with Crippen LogP contribution in [-0.4, -0.2) is 29.1 Å².